The molecule has 0 spiro atoms. The minimum atomic E-state index is -0.661. The van der Waals surface area contributed by atoms with E-state index in [9.17, 15) is 9.59 Å². The first-order chi connectivity index (χ1) is 13.9. The van der Waals surface area contributed by atoms with Crippen molar-refractivity contribution < 1.29 is 9.53 Å². The number of aromatic nitrogens is 1. The first-order valence-corrected chi connectivity index (χ1v) is 10.4. The van der Waals surface area contributed by atoms with E-state index >= 15 is 0 Å². The van der Waals surface area contributed by atoms with Gasteiger partial charge in [-0.25, -0.2) is 0 Å². The zero-order chi connectivity index (χ0) is 20.5. The molecule has 0 bridgehead atoms. The molecule has 4 rings (SSSR count). The van der Waals surface area contributed by atoms with Crippen LogP contribution < -0.4 is 14.9 Å². The topological polar surface area (TPSA) is 60.3 Å². The lowest BCUT2D eigenvalue weighted by molar-refractivity contribution is -0.122. The van der Waals surface area contributed by atoms with Crippen LogP contribution in [0.5, 0.6) is 5.75 Å². The van der Waals surface area contributed by atoms with E-state index in [1.165, 1.54) is 11.3 Å². The highest BCUT2D eigenvalue weighted by Crippen LogP contribution is 2.25. The van der Waals surface area contributed by atoms with E-state index in [0.717, 1.165) is 21.0 Å². The summed E-state index contributed by atoms with van der Waals surface area (Å²) in [6, 6.07) is 19.4. The summed E-state index contributed by atoms with van der Waals surface area (Å²) in [5.41, 5.74) is 1.53. The second-order valence-corrected chi connectivity index (χ2v) is 8.27. The maximum absolute atomic E-state index is 12.6. The molecule has 0 saturated heterocycles. The number of carbonyl (C=O) groups excluding carboxylic acids is 1. The summed E-state index contributed by atoms with van der Waals surface area (Å²) < 4.78 is 8.45. The minimum Gasteiger partial charge on any atom is -0.481 e. The van der Waals surface area contributed by atoms with Crippen LogP contribution in [0.25, 0.3) is 21.0 Å². The Hall–Kier alpha value is -3.12. The van der Waals surface area contributed by atoms with Crippen molar-refractivity contribution in [2.75, 3.05) is 5.32 Å². The second kappa shape index (κ2) is 7.72. The zero-order valence-electron chi connectivity index (χ0n) is 16.5. The number of rotatable bonds is 5. The third-order valence-electron chi connectivity index (χ3n) is 4.80. The van der Waals surface area contributed by atoms with Crippen LogP contribution in [-0.2, 0) is 4.79 Å². The summed E-state index contributed by atoms with van der Waals surface area (Å²) in [7, 11) is 0. The molecule has 0 aliphatic heterocycles. The molecule has 1 aromatic heterocycles. The third kappa shape index (κ3) is 3.89. The number of amides is 1. The van der Waals surface area contributed by atoms with Crippen LogP contribution in [0.15, 0.2) is 65.5 Å². The molecule has 3 aromatic carbocycles. The van der Waals surface area contributed by atoms with Crippen molar-refractivity contribution in [1.82, 2.24) is 4.57 Å². The first-order valence-electron chi connectivity index (χ1n) is 9.54. The number of nitrogens with one attached hydrogen (secondary N) is 1. The van der Waals surface area contributed by atoms with Gasteiger partial charge in [-0.1, -0.05) is 41.7 Å². The Morgan fingerprint density at radius 3 is 2.52 bits per heavy atom. The largest absolute Gasteiger partial charge is 0.481 e. The lowest BCUT2D eigenvalue weighted by Crippen LogP contribution is -2.30. The summed E-state index contributed by atoms with van der Waals surface area (Å²) in [5.74, 6) is 0.405. The molecule has 0 fully saturated rings. The van der Waals surface area contributed by atoms with E-state index in [2.05, 4.69) is 5.32 Å². The number of anilines is 1. The Kier molecular flexibility index (Phi) is 5.11. The molecule has 0 aliphatic carbocycles. The van der Waals surface area contributed by atoms with Gasteiger partial charge in [-0.15, -0.1) is 0 Å². The van der Waals surface area contributed by atoms with Gasteiger partial charge in [0, 0.05) is 11.7 Å². The molecule has 4 aromatic rings. The number of nitrogens with zero attached hydrogens (tertiary/aromatic N) is 1. The number of fused-ring (bicyclic) bond motifs is 2. The van der Waals surface area contributed by atoms with Gasteiger partial charge in [-0.2, -0.15) is 0 Å². The van der Waals surface area contributed by atoms with Gasteiger partial charge in [0.2, 0.25) is 0 Å². The maximum Gasteiger partial charge on any atom is 0.308 e. The maximum atomic E-state index is 12.6. The van der Waals surface area contributed by atoms with Crippen LogP contribution in [-0.4, -0.2) is 16.6 Å². The Labute approximate surface area is 172 Å². The molecular formula is C23H22N2O3S. The Morgan fingerprint density at radius 1 is 1.00 bits per heavy atom. The number of ether oxygens (including phenoxy) is 1. The number of benzene rings is 3. The molecule has 1 unspecified atom stereocenters. The molecule has 1 amide bonds. The van der Waals surface area contributed by atoms with Gasteiger partial charge < -0.3 is 10.1 Å². The molecule has 5 nitrogen and oxygen atoms in total. The monoisotopic (exact) mass is 406 g/mol. The van der Waals surface area contributed by atoms with Gasteiger partial charge in [-0.3, -0.25) is 14.2 Å². The summed E-state index contributed by atoms with van der Waals surface area (Å²) in [4.78, 5) is 24.8. The quantitative estimate of drug-likeness (QED) is 0.495. The third-order valence-corrected chi connectivity index (χ3v) is 5.72. The summed E-state index contributed by atoms with van der Waals surface area (Å²) in [5, 5.41) is 5.07. The summed E-state index contributed by atoms with van der Waals surface area (Å²) in [6.07, 6.45) is -0.661. The molecule has 6 heteroatoms. The molecular weight excluding hydrogens is 384 g/mol. The van der Waals surface area contributed by atoms with Crippen LogP contribution in [0.4, 0.5) is 5.69 Å². The molecule has 0 radical (unpaired) electrons. The van der Waals surface area contributed by atoms with Crippen molar-refractivity contribution in [3.63, 3.8) is 0 Å². The fraction of sp³-hybridized carbons (Fsp3) is 0.217. The summed E-state index contributed by atoms with van der Waals surface area (Å²) >= 11 is 1.19. The number of hydrogen-bond acceptors (Lipinski definition) is 4. The van der Waals surface area contributed by atoms with Gasteiger partial charge in [-0.05, 0) is 61.9 Å². The average Bonchev–Trinajstić information content (AvgIpc) is 3.03. The fourth-order valence-electron chi connectivity index (χ4n) is 3.35. The van der Waals surface area contributed by atoms with Crippen molar-refractivity contribution in [2.45, 2.75) is 32.9 Å². The van der Waals surface area contributed by atoms with Gasteiger partial charge in [0.1, 0.15) is 5.75 Å². The SMILES string of the molecule is CC(Oc1ccc2ccccc2c1)C(=O)Nc1ccc2c(c1)sc(=O)n2C(C)C. The lowest BCUT2D eigenvalue weighted by Gasteiger charge is -2.15. The van der Waals surface area contributed by atoms with E-state index in [4.69, 9.17) is 4.74 Å². The van der Waals surface area contributed by atoms with Gasteiger partial charge >= 0.3 is 4.87 Å². The Bertz CT molecular complexity index is 1260. The molecule has 0 saturated carbocycles. The molecule has 1 heterocycles. The molecule has 1 N–H and O–H groups in total. The lowest BCUT2D eigenvalue weighted by atomic mass is 10.1. The Balaban J connectivity index is 1.49. The minimum absolute atomic E-state index is 0.00600. The van der Waals surface area contributed by atoms with Crippen LogP contribution in [0.1, 0.15) is 26.8 Å². The fourth-order valence-corrected chi connectivity index (χ4v) is 4.40. The van der Waals surface area contributed by atoms with E-state index in [1.54, 1.807) is 11.5 Å². The van der Waals surface area contributed by atoms with E-state index in [0.29, 0.717) is 11.4 Å². The van der Waals surface area contributed by atoms with Crippen molar-refractivity contribution >= 4 is 43.9 Å². The van der Waals surface area contributed by atoms with Gasteiger partial charge in [0.15, 0.2) is 6.10 Å². The molecule has 148 valence electrons. The highest BCUT2D eigenvalue weighted by molar-refractivity contribution is 7.16. The predicted octanol–water partition coefficient (Wildman–Crippen LogP) is 5.20. The smallest absolute Gasteiger partial charge is 0.308 e. The number of carbonyl (C=O) groups is 1. The van der Waals surface area contributed by atoms with Crippen LogP contribution in [0.3, 0.4) is 0 Å². The predicted molar refractivity (Wildman–Crippen MR) is 119 cm³/mol. The average molecular weight is 407 g/mol. The molecule has 0 aliphatic rings. The first kappa shape index (κ1) is 19.2. The number of hydrogen-bond donors (Lipinski definition) is 1. The normalized spacial score (nSPS) is 12.4. The highest BCUT2D eigenvalue weighted by Gasteiger charge is 2.16. The van der Waals surface area contributed by atoms with Crippen LogP contribution >= 0.6 is 11.3 Å². The molecule has 1 atom stereocenters. The second-order valence-electron chi connectivity index (χ2n) is 7.27. The van der Waals surface area contributed by atoms with E-state index in [-0.39, 0.29) is 16.8 Å². The molecule has 29 heavy (non-hydrogen) atoms. The van der Waals surface area contributed by atoms with Gasteiger partial charge in [0.25, 0.3) is 5.91 Å². The van der Waals surface area contributed by atoms with E-state index < -0.39 is 6.10 Å². The summed E-state index contributed by atoms with van der Waals surface area (Å²) in [6.45, 7) is 5.68. The van der Waals surface area contributed by atoms with Gasteiger partial charge in [0.05, 0.1) is 10.2 Å². The standard InChI is InChI=1S/C23H22N2O3S/c1-14(2)25-20-11-9-18(13-21(20)29-23(25)27)24-22(26)15(3)28-19-10-8-16-6-4-5-7-17(16)12-19/h4-15H,1-3H3,(H,24,26). The van der Waals surface area contributed by atoms with Crippen LogP contribution in [0, 0.1) is 0 Å². The van der Waals surface area contributed by atoms with Crippen LogP contribution in [0.2, 0.25) is 0 Å². The van der Waals surface area contributed by atoms with Crippen molar-refractivity contribution in [3.05, 3.63) is 70.3 Å². The van der Waals surface area contributed by atoms with Crippen molar-refractivity contribution in [3.8, 4) is 5.75 Å². The highest BCUT2D eigenvalue weighted by atomic mass is 32.1. The van der Waals surface area contributed by atoms with E-state index in [1.807, 2.05) is 74.5 Å². The zero-order valence-corrected chi connectivity index (χ0v) is 17.3. The van der Waals surface area contributed by atoms with Crippen molar-refractivity contribution in [2.24, 2.45) is 0 Å². The number of thiazole rings is 1. The van der Waals surface area contributed by atoms with Crippen molar-refractivity contribution in [1.29, 1.82) is 0 Å². The Morgan fingerprint density at radius 2 is 1.76 bits per heavy atom.